The fourth-order valence-corrected chi connectivity index (χ4v) is 6.86. The maximum absolute atomic E-state index is 10.8. The lowest BCUT2D eigenvalue weighted by Gasteiger charge is -2.40. The van der Waals surface area contributed by atoms with Crippen LogP contribution in [0.4, 0.5) is 0 Å². The summed E-state index contributed by atoms with van der Waals surface area (Å²) in [5.41, 5.74) is 5.02. The van der Waals surface area contributed by atoms with E-state index < -0.39 is 10.8 Å². The fraction of sp³-hybridized carbons (Fsp3) is 0.286. The molecule has 2 fully saturated rings. The highest BCUT2D eigenvalue weighted by molar-refractivity contribution is 5.84. The molecule has 0 bridgehead atoms. The molecule has 0 amide bonds. The van der Waals surface area contributed by atoms with Gasteiger partial charge in [-0.1, -0.05) is 78.4 Å². The Morgan fingerprint density at radius 2 is 1.42 bits per heavy atom. The van der Waals surface area contributed by atoms with Gasteiger partial charge in [-0.3, -0.25) is 4.90 Å². The third-order valence-corrected chi connectivity index (χ3v) is 7.90. The first-order valence-corrected chi connectivity index (χ1v) is 11.0. The Hall–Kier alpha value is -3.40. The molecule has 0 radical (unpaired) electrons. The summed E-state index contributed by atoms with van der Waals surface area (Å²) >= 11 is 0. The molecule has 6 rings (SSSR count). The van der Waals surface area contributed by atoms with E-state index in [9.17, 15) is 10.5 Å². The molecule has 31 heavy (non-hydrogen) atoms. The van der Waals surface area contributed by atoms with Crippen LogP contribution in [0.25, 0.3) is 11.1 Å². The van der Waals surface area contributed by atoms with Gasteiger partial charge in [0, 0.05) is 6.04 Å². The molecule has 1 spiro atoms. The first kappa shape index (κ1) is 18.4. The largest absolute Gasteiger partial charge is 0.289 e. The lowest BCUT2D eigenvalue weighted by atomic mass is 9.55. The van der Waals surface area contributed by atoms with Crippen LogP contribution in [-0.4, -0.2) is 17.5 Å². The fourth-order valence-electron chi connectivity index (χ4n) is 6.86. The first-order valence-electron chi connectivity index (χ1n) is 11.0. The lowest BCUT2D eigenvalue weighted by Crippen LogP contribution is -2.47. The van der Waals surface area contributed by atoms with Crippen molar-refractivity contribution in [1.29, 1.82) is 10.5 Å². The van der Waals surface area contributed by atoms with Crippen molar-refractivity contribution in [2.24, 2.45) is 5.41 Å². The summed E-state index contributed by atoms with van der Waals surface area (Å²) in [6.07, 6.45) is 2.09. The molecule has 3 aromatic rings. The standard InChI is InChI=1S/C28H23N3/c1-19-12-14-20(15-13-19)26-27(17-29,18-30)28(25-11-6-16-31(25)26)23-9-4-2-7-21(23)22-8-3-5-10-24(22)28/h2-5,7-10,12-15,25-26H,6,11,16H2,1H3/t25-,26-/m1/s1. The summed E-state index contributed by atoms with van der Waals surface area (Å²) in [6, 6.07) is 30.4. The maximum Gasteiger partial charge on any atom is 0.178 e. The van der Waals surface area contributed by atoms with Crippen molar-refractivity contribution in [2.75, 3.05) is 6.54 Å². The Labute approximate surface area is 183 Å². The van der Waals surface area contributed by atoms with Gasteiger partial charge in [-0.25, -0.2) is 0 Å². The summed E-state index contributed by atoms with van der Waals surface area (Å²) in [6.45, 7) is 2.99. The Bertz CT molecular complexity index is 1220. The van der Waals surface area contributed by atoms with Crippen LogP contribution in [0, 0.1) is 35.0 Å². The van der Waals surface area contributed by atoms with Crippen molar-refractivity contribution in [3.8, 4) is 23.3 Å². The van der Waals surface area contributed by atoms with Gasteiger partial charge in [0.25, 0.3) is 0 Å². The number of nitrogens with zero attached hydrogens (tertiary/aromatic N) is 3. The van der Waals surface area contributed by atoms with E-state index in [2.05, 4.69) is 96.8 Å². The normalized spacial score (nSPS) is 24.2. The minimum atomic E-state index is -1.21. The molecule has 3 nitrogen and oxygen atoms in total. The van der Waals surface area contributed by atoms with E-state index in [0.717, 1.165) is 36.1 Å². The highest BCUT2D eigenvalue weighted by Crippen LogP contribution is 2.70. The Balaban J connectivity index is 1.74. The smallest absolute Gasteiger partial charge is 0.178 e. The van der Waals surface area contributed by atoms with Crippen molar-refractivity contribution in [2.45, 2.75) is 37.3 Å². The third kappa shape index (κ3) is 2.01. The van der Waals surface area contributed by atoms with Crippen LogP contribution in [0.2, 0.25) is 0 Å². The highest BCUT2D eigenvalue weighted by Gasteiger charge is 2.74. The first-order chi connectivity index (χ1) is 15.2. The summed E-state index contributed by atoms with van der Waals surface area (Å²) in [4.78, 5) is 2.47. The Morgan fingerprint density at radius 1 is 0.839 bits per heavy atom. The molecular formula is C28H23N3. The molecule has 0 unspecified atom stereocenters. The van der Waals surface area contributed by atoms with E-state index in [1.807, 2.05) is 0 Å². The number of benzene rings is 3. The zero-order valence-corrected chi connectivity index (χ0v) is 17.5. The van der Waals surface area contributed by atoms with Crippen LogP contribution in [0.3, 0.4) is 0 Å². The van der Waals surface area contributed by atoms with Crippen molar-refractivity contribution in [3.63, 3.8) is 0 Å². The second kappa shape index (κ2) is 6.30. The van der Waals surface area contributed by atoms with Gasteiger partial charge in [0.1, 0.15) is 0 Å². The zero-order valence-electron chi connectivity index (χ0n) is 17.5. The molecule has 2 saturated heterocycles. The molecule has 1 aliphatic carbocycles. The number of rotatable bonds is 1. The minimum absolute atomic E-state index is 0.128. The van der Waals surface area contributed by atoms with Gasteiger partial charge in [-0.15, -0.1) is 0 Å². The number of nitriles is 2. The van der Waals surface area contributed by atoms with Crippen LogP contribution in [0.5, 0.6) is 0 Å². The molecular weight excluding hydrogens is 378 g/mol. The summed E-state index contributed by atoms with van der Waals surface area (Å²) in [7, 11) is 0. The SMILES string of the molecule is Cc1ccc([C@H]2N3CCC[C@@H]3C3(c4ccccc4-c4ccccc43)C2(C#N)C#N)cc1. The number of aryl methyl sites for hydroxylation is 1. The quantitative estimate of drug-likeness (QED) is 0.540. The molecule has 2 atom stereocenters. The molecule has 0 aromatic heterocycles. The molecule has 0 saturated carbocycles. The molecule has 150 valence electrons. The second-order valence-corrected chi connectivity index (χ2v) is 9.14. The Kier molecular flexibility index (Phi) is 3.73. The predicted octanol–water partition coefficient (Wildman–Crippen LogP) is 5.51. The summed E-state index contributed by atoms with van der Waals surface area (Å²) in [5, 5.41) is 21.7. The van der Waals surface area contributed by atoms with Crippen LogP contribution < -0.4 is 0 Å². The number of hydrogen-bond acceptors (Lipinski definition) is 3. The topological polar surface area (TPSA) is 50.8 Å². The molecule has 3 aromatic carbocycles. The van der Waals surface area contributed by atoms with Gasteiger partial charge >= 0.3 is 0 Å². The van der Waals surface area contributed by atoms with E-state index in [-0.39, 0.29) is 12.1 Å². The van der Waals surface area contributed by atoms with E-state index in [1.54, 1.807) is 0 Å². The lowest BCUT2D eigenvalue weighted by molar-refractivity contribution is 0.221. The predicted molar refractivity (Wildman–Crippen MR) is 120 cm³/mol. The number of fused-ring (bicyclic) bond motifs is 7. The average Bonchev–Trinajstić information content (AvgIpc) is 3.46. The highest BCUT2D eigenvalue weighted by atomic mass is 15.3. The van der Waals surface area contributed by atoms with Gasteiger partial charge in [-0.2, -0.15) is 10.5 Å². The monoisotopic (exact) mass is 401 g/mol. The second-order valence-electron chi connectivity index (χ2n) is 9.14. The van der Waals surface area contributed by atoms with Gasteiger partial charge in [0.05, 0.1) is 23.6 Å². The van der Waals surface area contributed by atoms with Crippen molar-refractivity contribution < 1.29 is 0 Å². The zero-order chi connectivity index (χ0) is 21.2. The van der Waals surface area contributed by atoms with Crippen LogP contribution in [0.1, 0.15) is 41.1 Å². The molecule has 0 N–H and O–H groups in total. The molecule has 3 heteroatoms. The summed E-state index contributed by atoms with van der Waals surface area (Å²) < 4.78 is 0. The molecule has 2 aliphatic heterocycles. The van der Waals surface area contributed by atoms with Crippen LogP contribution in [0.15, 0.2) is 72.8 Å². The van der Waals surface area contributed by atoms with E-state index in [4.69, 9.17) is 0 Å². The van der Waals surface area contributed by atoms with Crippen molar-refractivity contribution >= 4 is 0 Å². The van der Waals surface area contributed by atoms with Gasteiger partial charge in [0.15, 0.2) is 5.41 Å². The maximum atomic E-state index is 10.8. The van der Waals surface area contributed by atoms with Crippen molar-refractivity contribution in [3.05, 3.63) is 95.1 Å². The van der Waals surface area contributed by atoms with E-state index >= 15 is 0 Å². The summed E-state index contributed by atoms with van der Waals surface area (Å²) in [5.74, 6) is 0. The average molecular weight is 402 g/mol. The van der Waals surface area contributed by atoms with Gasteiger partial charge in [0.2, 0.25) is 0 Å². The van der Waals surface area contributed by atoms with Crippen molar-refractivity contribution in [1.82, 2.24) is 4.90 Å². The van der Waals surface area contributed by atoms with Gasteiger partial charge < -0.3 is 0 Å². The molecule has 2 heterocycles. The minimum Gasteiger partial charge on any atom is -0.289 e. The van der Waals surface area contributed by atoms with Crippen LogP contribution in [-0.2, 0) is 5.41 Å². The van der Waals surface area contributed by atoms with Crippen LogP contribution >= 0.6 is 0 Å². The number of hydrogen-bond donors (Lipinski definition) is 0. The molecule has 3 aliphatic rings. The van der Waals surface area contributed by atoms with Gasteiger partial charge in [-0.05, 0) is 54.1 Å². The van der Waals surface area contributed by atoms with E-state index in [1.165, 1.54) is 16.7 Å². The van der Waals surface area contributed by atoms with E-state index in [0.29, 0.717) is 0 Å². The third-order valence-electron chi connectivity index (χ3n) is 7.90. The Morgan fingerprint density at radius 3 is 2.00 bits per heavy atom.